The molecule has 0 radical (unpaired) electrons. The maximum absolute atomic E-state index is 2.38. The molecule has 0 amide bonds. The highest BCUT2D eigenvalue weighted by Gasteiger charge is 2.62. The van der Waals surface area contributed by atoms with Crippen molar-refractivity contribution in [3.05, 3.63) is 0 Å². The molecular weight excluding hydrogens is 184 g/mol. The molecule has 0 aromatic rings. The highest BCUT2D eigenvalue weighted by Crippen LogP contribution is 2.71. The van der Waals surface area contributed by atoms with Gasteiger partial charge in [0.05, 0.1) is 4.08 Å². The van der Waals surface area contributed by atoms with Gasteiger partial charge in [0.25, 0.3) is 0 Å². The lowest BCUT2D eigenvalue weighted by atomic mass is 10.2. The van der Waals surface area contributed by atoms with E-state index in [1.165, 1.54) is 6.42 Å². The number of hydrogen-bond donors (Lipinski definition) is 0. The molecule has 2 heteroatoms. The first kappa shape index (κ1) is 10.8. The number of rotatable bonds is 2. The summed E-state index contributed by atoms with van der Waals surface area (Å²) in [4.78, 5) is 0. The minimum Gasteiger partial charge on any atom is -0.147 e. The molecule has 1 aliphatic rings. The molecule has 1 aliphatic carbocycles. The predicted molar refractivity (Wildman–Crippen MR) is 62.0 cm³/mol. The van der Waals surface area contributed by atoms with E-state index in [9.17, 15) is 0 Å². The van der Waals surface area contributed by atoms with E-state index in [0.29, 0.717) is 14.2 Å². The average Bonchev–Trinajstić information content (AvgIpc) is 2.30. The van der Waals surface area contributed by atoms with Crippen LogP contribution >= 0.6 is 23.5 Å². The van der Waals surface area contributed by atoms with Gasteiger partial charge < -0.3 is 0 Å². The molecule has 0 aliphatic heterocycles. The molecular formula is C10H20S2. The summed E-state index contributed by atoms with van der Waals surface area (Å²) < 4.78 is 0.905. The van der Waals surface area contributed by atoms with Crippen molar-refractivity contribution in [3.63, 3.8) is 0 Å². The van der Waals surface area contributed by atoms with Gasteiger partial charge in [-0.05, 0) is 18.1 Å². The summed E-state index contributed by atoms with van der Waals surface area (Å²) in [5, 5.41) is 0. The Hall–Kier alpha value is 0.700. The first-order valence-corrected chi connectivity index (χ1v) is 6.52. The molecule has 0 heterocycles. The van der Waals surface area contributed by atoms with Crippen molar-refractivity contribution < 1.29 is 0 Å². The summed E-state index contributed by atoms with van der Waals surface area (Å²) in [7, 11) is 0. The van der Waals surface area contributed by atoms with Gasteiger partial charge in [-0.3, -0.25) is 0 Å². The Labute approximate surface area is 85.3 Å². The molecule has 1 fully saturated rings. The van der Waals surface area contributed by atoms with Gasteiger partial charge in [-0.15, -0.1) is 23.5 Å². The van der Waals surface area contributed by atoms with Crippen LogP contribution in [0, 0.1) is 5.41 Å². The predicted octanol–water partition coefficient (Wildman–Crippen LogP) is 4.01. The lowest BCUT2D eigenvalue weighted by Crippen LogP contribution is -2.17. The van der Waals surface area contributed by atoms with Gasteiger partial charge in [-0.1, -0.05) is 34.6 Å². The van der Waals surface area contributed by atoms with Crippen molar-refractivity contribution in [1.82, 2.24) is 0 Å². The van der Waals surface area contributed by atoms with E-state index in [4.69, 9.17) is 0 Å². The fourth-order valence-electron chi connectivity index (χ4n) is 1.60. The van der Waals surface area contributed by atoms with Crippen LogP contribution in [0.4, 0.5) is 0 Å². The van der Waals surface area contributed by atoms with Gasteiger partial charge in [0.1, 0.15) is 0 Å². The highest BCUT2D eigenvalue weighted by atomic mass is 32.2. The summed E-state index contributed by atoms with van der Waals surface area (Å²) in [5.74, 6) is 0. The van der Waals surface area contributed by atoms with Crippen molar-refractivity contribution in [2.24, 2.45) is 5.41 Å². The molecule has 1 atom stereocenters. The lowest BCUT2D eigenvalue weighted by molar-refractivity contribution is 0.643. The molecule has 0 saturated heterocycles. The molecule has 1 rings (SSSR count). The molecule has 0 N–H and O–H groups in total. The van der Waals surface area contributed by atoms with Crippen LogP contribution < -0.4 is 0 Å². The summed E-state index contributed by atoms with van der Waals surface area (Å²) in [5.41, 5.74) is 0.546. The third-order valence-electron chi connectivity index (χ3n) is 2.38. The van der Waals surface area contributed by atoms with Crippen LogP contribution in [0.2, 0.25) is 0 Å². The second-order valence-corrected chi connectivity index (χ2v) is 8.72. The van der Waals surface area contributed by atoms with Crippen LogP contribution in [-0.4, -0.2) is 15.1 Å². The van der Waals surface area contributed by atoms with Gasteiger partial charge >= 0.3 is 0 Å². The van der Waals surface area contributed by atoms with Crippen molar-refractivity contribution in [2.45, 2.75) is 49.9 Å². The molecule has 0 bridgehead atoms. The Balaban J connectivity index is 2.62. The summed E-state index contributed by atoms with van der Waals surface area (Å²) in [6.07, 6.45) is 3.61. The highest BCUT2D eigenvalue weighted by molar-refractivity contribution is 8.19. The number of hydrogen-bond acceptors (Lipinski definition) is 2. The fourth-order valence-corrected chi connectivity index (χ4v) is 5.44. The molecule has 0 nitrogen and oxygen atoms in total. The summed E-state index contributed by atoms with van der Waals surface area (Å²) >= 11 is 4.18. The molecule has 1 unspecified atom stereocenters. The maximum atomic E-state index is 2.38. The van der Waals surface area contributed by atoms with Crippen LogP contribution in [0.25, 0.3) is 0 Å². The quantitative estimate of drug-likeness (QED) is 0.623. The van der Waals surface area contributed by atoms with Gasteiger partial charge in [0.2, 0.25) is 0 Å². The Bertz CT molecular complexity index is 179. The Morgan fingerprint density at radius 1 is 1.17 bits per heavy atom. The second-order valence-electron chi connectivity index (χ2n) is 5.23. The molecule has 72 valence electrons. The third kappa shape index (κ3) is 1.95. The number of thioether (sulfide) groups is 2. The maximum Gasteiger partial charge on any atom is 0.0670 e. The first-order chi connectivity index (χ1) is 5.22. The van der Waals surface area contributed by atoms with Crippen LogP contribution in [0.15, 0.2) is 0 Å². The molecule has 0 aromatic carbocycles. The SMILES string of the molecule is CSC1(SC(C)(C)C)CC1(C)C. The summed E-state index contributed by atoms with van der Waals surface area (Å²) in [6.45, 7) is 11.7. The zero-order valence-electron chi connectivity index (χ0n) is 9.02. The van der Waals surface area contributed by atoms with Crippen LogP contribution in [0.5, 0.6) is 0 Å². The molecule has 0 spiro atoms. The third-order valence-corrected chi connectivity index (χ3v) is 6.13. The van der Waals surface area contributed by atoms with Gasteiger partial charge in [-0.2, -0.15) is 0 Å². The molecule has 0 aromatic heterocycles. The second kappa shape index (κ2) is 2.84. The van der Waals surface area contributed by atoms with Gasteiger partial charge in [0.15, 0.2) is 0 Å². The van der Waals surface area contributed by atoms with E-state index < -0.39 is 0 Å². The normalized spacial score (nSPS) is 33.5. The average molecular weight is 204 g/mol. The van der Waals surface area contributed by atoms with E-state index in [1.54, 1.807) is 0 Å². The molecule has 12 heavy (non-hydrogen) atoms. The van der Waals surface area contributed by atoms with Gasteiger partial charge in [0, 0.05) is 4.75 Å². The molecule has 1 saturated carbocycles. The van der Waals surface area contributed by atoms with E-state index >= 15 is 0 Å². The minimum atomic E-state index is 0.400. The standard InChI is InChI=1S/C10H20S2/c1-8(2,3)12-10(11-6)7-9(10,4)5/h7H2,1-6H3. The largest absolute Gasteiger partial charge is 0.147 e. The van der Waals surface area contributed by atoms with Crippen LogP contribution in [-0.2, 0) is 0 Å². The van der Waals surface area contributed by atoms with Crippen molar-refractivity contribution in [3.8, 4) is 0 Å². The van der Waals surface area contributed by atoms with Crippen molar-refractivity contribution in [2.75, 3.05) is 6.26 Å². The Morgan fingerprint density at radius 2 is 1.58 bits per heavy atom. The van der Waals surface area contributed by atoms with E-state index in [0.717, 1.165) is 0 Å². The van der Waals surface area contributed by atoms with Crippen molar-refractivity contribution in [1.29, 1.82) is 0 Å². The zero-order chi connectivity index (χ0) is 9.62. The smallest absolute Gasteiger partial charge is 0.0670 e. The van der Waals surface area contributed by atoms with E-state index in [1.807, 2.05) is 11.8 Å². The zero-order valence-corrected chi connectivity index (χ0v) is 10.7. The van der Waals surface area contributed by atoms with Crippen LogP contribution in [0.3, 0.4) is 0 Å². The Morgan fingerprint density at radius 3 is 1.67 bits per heavy atom. The monoisotopic (exact) mass is 204 g/mol. The van der Waals surface area contributed by atoms with E-state index in [-0.39, 0.29) is 0 Å². The van der Waals surface area contributed by atoms with Gasteiger partial charge in [-0.25, -0.2) is 0 Å². The van der Waals surface area contributed by atoms with E-state index in [2.05, 4.69) is 52.6 Å². The summed E-state index contributed by atoms with van der Waals surface area (Å²) in [6, 6.07) is 0. The lowest BCUT2D eigenvalue weighted by Gasteiger charge is -2.27. The van der Waals surface area contributed by atoms with Crippen molar-refractivity contribution >= 4 is 23.5 Å². The first-order valence-electron chi connectivity index (χ1n) is 4.48. The Kier molecular flexibility index (Phi) is 2.56. The van der Waals surface area contributed by atoms with Crippen LogP contribution in [0.1, 0.15) is 41.0 Å². The fraction of sp³-hybridized carbons (Fsp3) is 1.00. The minimum absolute atomic E-state index is 0.400. The topological polar surface area (TPSA) is 0 Å².